The molecule has 9 nitrogen and oxygen atoms in total. The van der Waals surface area contributed by atoms with Crippen molar-refractivity contribution >= 4 is 47.4 Å². The van der Waals surface area contributed by atoms with Crippen LogP contribution in [-0.2, 0) is 42.9 Å². The van der Waals surface area contributed by atoms with E-state index in [1.165, 1.54) is 27.7 Å². The van der Waals surface area contributed by atoms with E-state index in [4.69, 9.17) is 23.7 Å². The van der Waals surface area contributed by atoms with E-state index in [0.717, 1.165) is 23.3 Å². The van der Waals surface area contributed by atoms with Crippen molar-refractivity contribution in [3.63, 3.8) is 0 Å². The average Bonchev–Trinajstić information content (AvgIpc) is 2.63. The van der Waals surface area contributed by atoms with Gasteiger partial charge in [0.15, 0.2) is 0 Å². The fourth-order valence-electron chi connectivity index (χ4n) is 3.17. The molecule has 178 valence electrons. The van der Waals surface area contributed by atoms with Crippen LogP contribution in [0.5, 0.6) is 0 Å². The molecule has 0 N–H and O–H groups in total. The molecule has 0 bridgehead atoms. The minimum absolute atomic E-state index is 0.472. The van der Waals surface area contributed by atoms with Gasteiger partial charge in [0.2, 0.25) is 0 Å². The van der Waals surface area contributed by atoms with Gasteiger partial charge in [0.25, 0.3) is 0 Å². The molecule has 1 aliphatic rings. The van der Waals surface area contributed by atoms with Crippen molar-refractivity contribution in [3.8, 4) is 0 Å². The molecule has 11 heteroatoms. The molecule has 1 saturated heterocycles. The molecule has 31 heavy (non-hydrogen) atoms. The Kier molecular flexibility index (Phi) is 12.6. The molecule has 1 fully saturated rings. The number of hydrogen-bond donors (Lipinski definition) is 0. The van der Waals surface area contributed by atoms with Crippen LogP contribution in [-0.4, -0.2) is 73.8 Å². The first-order valence-electron chi connectivity index (χ1n) is 10.3. The van der Waals surface area contributed by atoms with E-state index in [1.807, 2.05) is 0 Å². The molecule has 1 aliphatic heterocycles. The zero-order valence-corrected chi connectivity index (χ0v) is 21.6. The molecule has 5 unspecified atom stereocenters. The van der Waals surface area contributed by atoms with Crippen molar-refractivity contribution in [2.45, 2.75) is 95.5 Å². The van der Waals surface area contributed by atoms with Gasteiger partial charge in [-0.2, -0.15) is 0 Å². The Morgan fingerprint density at radius 3 is 1.65 bits per heavy atom. The summed E-state index contributed by atoms with van der Waals surface area (Å²) in [4.78, 5) is 46.9. The van der Waals surface area contributed by atoms with Gasteiger partial charge in [0, 0.05) is 0 Å². The van der Waals surface area contributed by atoms with E-state index in [0.29, 0.717) is 5.75 Å². The second-order valence-electron chi connectivity index (χ2n) is 7.10. The molecule has 0 aliphatic carbocycles. The van der Waals surface area contributed by atoms with E-state index in [-0.39, 0.29) is 0 Å². The topological polar surface area (TPSA) is 114 Å². The third-order valence-corrected chi connectivity index (χ3v) is 14.1. The Bertz CT molecular complexity index is 624. The van der Waals surface area contributed by atoms with E-state index < -0.39 is 68.1 Å². The number of esters is 4. The summed E-state index contributed by atoms with van der Waals surface area (Å²) < 4.78 is 27.3. The summed E-state index contributed by atoms with van der Waals surface area (Å²) in [5, 5.41) is 2.32. The number of ether oxygens (including phenoxy) is 5. The molecule has 0 aromatic heterocycles. The van der Waals surface area contributed by atoms with Gasteiger partial charge in [0.1, 0.15) is 0 Å². The SMILES string of the molecule is CCC[As](CCC)SCC1OC(OC(C)=O)C(OC(C)=O)C(OC(C)=O)C1OC(C)=O. The van der Waals surface area contributed by atoms with Crippen LogP contribution in [0.15, 0.2) is 0 Å². The van der Waals surface area contributed by atoms with Gasteiger partial charge in [-0.15, -0.1) is 0 Å². The Hall–Kier alpha value is -1.25. The van der Waals surface area contributed by atoms with Crippen LogP contribution >= 0.6 is 10.0 Å². The zero-order valence-electron chi connectivity index (χ0n) is 19.0. The number of hydrogen-bond acceptors (Lipinski definition) is 10. The molecule has 1 heterocycles. The fourth-order valence-corrected chi connectivity index (χ4v) is 12.4. The zero-order chi connectivity index (χ0) is 23.6. The molecule has 5 atom stereocenters. The van der Waals surface area contributed by atoms with Gasteiger partial charge in [-0.25, -0.2) is 0 Å². The summed E-state index contributed by atoms with van der Waals surface area (Å²) in [5.41, 5.74) is 0. The third kappa shape index (κ3) is 9.83. The fraction of sp³-hybridized carbons (Fsp3) is 0.800. The second kappa shape index (κ2) is 14.0. The Labute approximate surface area is 191 Å². The van der Waals surface area contributed by atoms with Gasteiger partial charge in [-0.05, 0) is 0 Å². The predicted octanol–water partition coefficient (Wildman–Crippen LogP) is 2.61. The molecule has 0 amide bonds. The van der Waals surface area contributed by atoms with Crippen molar-refractivity contribution in [3.05, 3.63) is 0 Å². The van der Waals surface area contributed by atoms with Crippen molar-refractivity contribution in [2.75, 3.05) is 5.75 Å². The normalized spacial score (nSPS) is 25.6. The average molecular weight is 524 g/mol. The van der Waals surface area contributed by atoms with E-state index >= 15 is 0 Å². The summed E-state index contributed by atoms with van der Waals surface area (Å²) in [5.74, 6) is -2.11. The van der Waals surface area contributed by atoms with Crippen LogP contribution in [0.2, 0.25) is 10.4 Å². The van der Waals surface area contributed by atoms with Crippen molar-refractivity contribution in [1.29, 1.82) is 0 Å². The van der Waals surface area contributed by atoms with Crippen LogP contribution in [0, 0.1) is 0 Å². The van der Waals surface area contributed by atoms with Gasteiger partial charge in [-0.3, -0.25) is 0 Å². The van der Waals surface area contributed by atoms with Crippen molar-refractivity contribution in [2.24, 2.45) is 0 Å². The first-order chi connectivity index (χ1) is 14.6. The minimum atomic E-state index is -1.29. The van der Waals surface area contributed by atoms with Gasteiger partial charge < -0.3 is 0 Å². The Balaban J connectivity index is 3.24. The van der Waals surface area contributed by atoms with E-state index in [1.54, 1.807) is 10.0 Å². The number of rotatable bonds is 11. The summed E-state index contributed by atoms with van der Waals surface area (Å²) in [7, 11) is 1.81. The molecular weight excluding hydrogens is 491 g/mol. The molecule has 0 spiro atoms. The van der Waals surface area contributed by atoms with Crippen LogP contribution in [0.4, 0.5) is 0 Å². The Morgan fingerprint density at radius 2 is 1.19 bits per heavy atom. The maximum absolute atomic E-state index is 11.8. The van der Waals surface area contributed by atoms with Crippen LogP contribution in [0.25, 0.3) is 0 Å². The summed E-state index contributed by atoms with van der Waals surface area (Å²) >= 11 is -1.18. The summed E-state index contributed by atoms with van der Waals surface area (Å²) in [6, 6.07) is 0. The standard InChI is InChI=1S/C20H33AsO9S/c1-7-9-21(10-8-2)31-11-16-17(26-12(3)22)18(27-13(4)23)19(28-14(5)24)20(30-16)29-15(6)25/h16-20H,7-11H2,1-6H3. The number of carbonyl (C=O) groups excluding carboxylic acids is 4. The summed E-state index contributed by atoms with van der Waals surface area (Å²) in [6.07, 6.45) is -3.27. The summed E-state index contributed by atoms with van der Waals surface area (Å²) in [6.45, 7) is 9.09. The monoisotopic (exact) mass is 524 g/mol. The van der Waals surface area contributed by atoms with Gasteiger partial charge in [-0.1, -0.05) is 0 Å². The van der Waals surface area contributed by atoms with Crippen LogP contribution < -0.4 is 0 Å². The van der Waals surface area contributed by atoms with Gasteiger partial charge in [0.05, 0.1) is 0 Å². The van der Waals surface area contributed by atoms with Crippen molar-refractivity contribution in [1.82, 2.24) is 0 Å². The molecule has 0 aromatic rings. The molecule has 0 radical (unpaired) electrons. The predicted molar refractivity (Wildman–Crippen MR) is 115 cm³/mol. The second-order valence-corrected chi connectivity index (χ2v) is 15.9. The molecule has 0 saturated carbocycles. The quantitative estimate of drug-likeness (QED) is 0.227. The van der Waals surface area contributed by atoms with E-state index in [2.05, 4.69) is 13.8 Å². The molecule has 1 rings (SSSR count). The maximum atomic E-state index is 11.8. The first kappa shape index (κ1) is 27.8. The van der Waals surface area contributed by atoms with Crippen molar-refractivity contribution < 1.29 is 42.9 Å². The van der Waals surface area contributed by atoms with Crippen LogP contribution in [0.3, 0.4) is 0 Å². The first-order valence-corrected chi connectivity index (χ1v) is 16.2. The molecular formula is C20H33AsO9S. The van der Waals surface area contributed by atoms with Gasteiger partial charge >= 0.3 is 192 Å². The van der Waals surface area contributed by atoms with Crippen LogP contribution in [0.1, 0.15) is 54.4 Å². The molecule has 0 aromatic carbocycles. The Morgan fingerprint density at radius 1 is 0.742 bits per heavy atom. The third-order valence-electron chi connectivity index (χ3n) is 4.15. The van der Waals surface area contributed by atoms with E-state index in [9.17, 15) is 19.2 Å². The number of carbonyl (C=O) groups is 4.